The van der Waals surface area contributed by atoms with Crippen LogP contribution in [0.5, 0.6) is 0 Å². The highest BCUT2D eigenvalue weighted by atomic mass is 32.2. The molecule has 25 heavy (non-hydrogen) atoms. The van der Waals surface area contributed by atoms with Crippen molar-refractivity contribution in [1.82, 2.24) is 4.98 Å². The lowest BCUT2D eigenvalue weighted by Crippen LogP contribution is -2.26. The van der Waals surface area contributed by atoms with E-state index in [4.69, 9.17) is 14.1 Å². The number of oxime groups is 1. The molecule has 0 bridgehead atoms. The topological polar surface area (TPSA) is 144 Å². The number of carbonyl (C=O) groups is 2. The number of nitrogens with zero attached hydrogens (tertiary/aromatic N) is 2. The van der Waals surface area contributed by atoms with Crippen LogP contribution in [0.4, 0.5) is 5.13 Å². The minimum atomic E-state index is -4.46. The van der Waals surface area contributed by atoms with Crippen LogP contribution in [0.15, 0.2) is 10.5 Å². The third kappa shape index (κ3) is 8.56. The Balaban J connectivity index is 2.70. The Hall–Kier alpha value is -2.05. The number of aldehydes is 1. The first-order valence-electron chi connectivity index (χ1n) is 7.01. The lowest BCUT2D eigenvalue weighted by molar-refractivity contribution is -0.157. The molecular formula is C13H19N3O7S2. The van der Waals surface area contributed by atoms with Crippen molar-refractivity contribution in [2.45, 2.75) is 45.8 Å². The predicted octanol–water partition coefficient (Wildman–Crippen LogP) is 1.40. The zero-order chi connectivity index (χ0) is 19.3. The molecule has 0 radical (unpaired) electrons. The van der Waals surface area contributed by atoms with E-state index in [0.717, 1.165) is 11.3 Å². The zero-order valence-corrected chi connectivity index (χ0v) is 15.7. The van der Waals surface area contributed by atoms with Gasteiger partial charge in [-0.3, -0.25) is 14.1 Å². The summed E-state index contributed by atoms with van der Waals surface area (Å²) in [6, 6.07) is 0. The molecular weight excluding hydrogens is 374 g/mol. The van der Waals surface area contributed by atoms with E-state index in [1.807, 2.05) is 0 Å². The van der Waals surface area contributed by atoms with Gasteiger partial charge in [0.25, 0.3) is 0 Å². The molecule has 1 heterocycles. The lowest BCUT2D eigenvalue weighted by atomic mass is 10.2. The number of hydrogen-bond acceptors (Lipinski definition) is 9. The van der Waals surface area contributed by atoms with E-state index in [9.17, 15) is 18.0 Å². The fourth-order valence-electron chi connectivity index (χ4n) is 1.48. The van der Waals surface area contributed by atoms with E-state index in [1.54, 1.807) is 32.4 Å². The van der Waals surface area contributed by atoms with E-state index in [-0.39, 0.29) is 23.0 Å². The van der Waals surface area contributed by atoms with Crippen molar-refractivity contribution in [1.29, 1.82) is 0 Å². The molecule has 0 saturated heterocycles. The number of aromatic nitrogens is 1. The summed E-state index contributed by atoms with van der Waals surface area (Å²) in [5.41, 5.74) is -0.767. The van der Waals surface area contributed by atoms with Gasteiger partial charge in [0.1, 0.15) is 17.4 Å². The van der Waals surface area contributed by atoms with E-state index in [0.29, 0.717) is 6.29 Å². The van der Waals surface area contributed by atoms with Crippen molar-refractivity contribution in [2.75, 3.05) is 4.72 Å². The molecule has 0 fully saturated rings. The molecule has 12 heteroatoms. The minimum absolute atomic E-state index is 0.0515. The molecule has 0 spiro atoms. The van der Waals surface area contributed by atoms with Crippen LogP contribution >= 0.6 is 11.3 Å². The van der Waals surface area contributed by atoms with Gasteiger partial charge in [0.15, 0.2) is 17.1 Å². The van der Waals surface area contributed by atoms with E-state index < -0.39 is 28.0 Å². The Bertz CT molecular complexity index is 750. The van der Waals surface area contributed by atoms with E-state index in [2.05, 4.69) is 10.1 Å². The summed E-state index contributed by atoms with van der Waals surface area (Å²) in [5.74, 6) is -0.476. The average Bonchev–Trinajstić information content (AvgIpc) is 2.83. The predicted molar refractivity (Wildman–Crippen MR) is 90.9 cm³/mol. The van der Waals surface area contributed by atoms with Crippen LogP contribution in [-0.4, -0.2) is 47.6 Å². The summed E-state index contributed by atoms with van der Waals surface area (Å²) in [4.78, 5) is 31.6. The third-order valence-corrected chi connectivity index (χ3v) is 3.64. The summed E-state index contributed by atoms with van der Waals surface area (Å²) < 4.78 is 37.0. The number of nitrogens with one attached hydrogen (secondary N) is 1. The van der Waals surface area contributed by atoms with Gasteiger partial charge in [-0.15, -0.1) is 11.3 Å². The van der Waals surface area contributed by atoms with Gasteiger partial charge in [0.05, 0.1) is 6.42 Å². The van der Waals surface area contributed by atoms with Gasteiger partial charge in [0, 0.05) is 5.38 Å². The fraction of sp³-hybridized carbons (Fsp3) is 0.538. The maximum Gasteiger partial charge on any atom is 0.359 e. The monoisotopic (exact) mass is 393 g/mol. The second kappa shape index (κ2) is 8.36. The minimum Gasteiger partial charge on any atom is -0.460 e. The van der Waals surface area contributed by atoms with Crippen LogP contribution in [0.25, 0.3) is 0 Å². The molecule has 1 unspecified atom stereocenters. The Morgan fingerprint density at radius 2 is 2.16 bits per heavy atom. The summed E-state index contributed by atoms with van der Waals surface area (Å²) in [6.07, 6.45) is -0.356. The highest BCUT2D eigenvalue weighted by Gasteiger charge is 2.19. The number of ether oxygens (including phenoxy) is 1. The fourth-order valence-corrected chi connectivity index (χ4v) is 2.80. The number of hydrogen-bond donors (Lipinski definition) is 2. The van der Waals surface area contributed by atoms with Gasteiger partial charge in [-0.1, -0.05) is 5.16 Å². The van der Waals surface area contributed by atoms with E-state index in [1.165, 1.54) is 5.38 Å². The van der Waals surface area contributed by atoms with Crippen molar-refractivity contribution in [3.8, 4) is 0 Å². The molecule has 0 aliphatic carbocycles. The molecule has 140 valence electrons. The van der Waals surface area contributed by atoms with Crippen LogP contribution in [-0.2, 0) is 29.5 Å². The van der Waals surface area contributed by atoms with Crippen LogP contribution in [0.3, 0.4) is 0 Å². The van der Waals surface area contributed by atoms with Gasteiger partial charge >= 0.3 is 16.3 Å². The smallest absolute Gasteiger partial charge is 0.359 e. The highest BCUT2D eigenvalue weighted by Crippen LogP contribution is 2.17. The SMILES string of the molecule is CC(CC(=O)OC(C)(C)C)O/N=C(/C=O)c1csc(NS(=O)(=O)O)n1. The van der Waals surface area contributed by atoms with Crippen molar-refractivity contribution in [2.24, 2.45) is 5.16 Å². The van der Waals surface area contributed by atoms with Crippen LogP contribution in [0.2, 0.25) is 0 Å². The van der Waals surface area contributed by atoms with E-state index >= 15 is 0 Å². The average molecular weight is 393 g/mol. The van der Waals surface area contributed by atoms with Crippen LogP contribution in [0.1, 0.15) is 39.8 Å². The summed E-state index contributed by atoms with van der Waals surface area (Å²) in [7, 11) is -4.46. The number of rotatable bonds is 8. The third-order valence-electron chi connectivity index (χ3n) is 2.30. The standard InChI is InChI=1S/C13H19N3O7S2/c1-8(5-11(18)22-13(2,3)4)23-15-9(6-17)10-7-24-12(14-10)16-25(19,20)21/h6-8H,5H2,1-4H3,(H,14,16)(H,19,20,21)/b15-9-. The number of anilines is 1. The normalized spacial score (nSPS) is 13.9. The second-order valence-electron chi connectivity index (χ2n) is 5.92. The largest absolute Gasteiger partial charge is 0.460 e. The molecule has 0 saturated carbocycles. The molecule has 10 nitrogen and oxygen atoms in total. The highest BCUT2D eigenvalue weighted by molar-refractivity contribution is 7.87. The first-order valence-corrected chi connectivity index (χ1v) is 9.33. The van der Waals surface area contributed by atoms with Crippen molar-refractivity contribution in [3.63, 3.8) is 0 Å². The molecule has 1 atom stereocenters. The lowest BCUT2D eigenvalue weighted by Gasteiger charge is -2.20. The summed E-state index contributed by atoms with van der Waals surface area (Å²) >= 11 is 0.841. The number of esters is 1. The van der Waals surface area contributed by atoms with Gasteiger partial charge in [0.2, 0.25) is 0 Å². The van der Waals surface area contributed by atoms with Gasteiger partial charge in [-0.2, -0.15) is 8.42 Å². The van der Waals surface area contributed by atoms with Gasteiger partial charge in [-0.25, -0.2) is 9.71 Å². The zero-order valence-electron chi connectivity index (χ0n) is 14.0. The van der Waals surface area contributed by atoms with Crippen molar-refractivity contribution >= 4 is 44.7 Å². The van der Waals surface area contributed by atoms with Gasteiger partial charge in [-0.05, 0) is 27.7 Å². The second-order valence-corrected chi connectivity index (χ2v) is 7.93. The summed E-state index contributed by atoms with van der Waals surface area (Å²) in [5, 5.41) is 4.82. The molecule has 1 aromatic rings. The maximum absolute atomic E-state index is 11.7. The van der Waals surface area contributed by atoms with Gasteiger partial charge < -0.3 is 9.57 Å². The molecule has 1 aromatic heterocycles. The molecule has 1 rings (SSSR count). The maximum atomic E-state index is 11.7. The quantitative estimate of drug-likeness (QED) is 0.222. The van der Waals surface area contributed by atoms with Crippen molar-refractivity contribution < 1.29 is 32.1 Å². The molecule has 0 amide bonds. The van der Waals surface area contributed by atoms with Crippen LogP contribution in [0, 0.1) is 0 Å². The molecule has 0 aliphatic rings. The Morgan fingerprint density at radius 1 is 1.52 bits per heavy atom. The Labute approximate surface area is 149 Å². The Kier molecular flexibility index (Phi) is 7.02. The first kappa shape index (κ1) is 21.0. The molecule has 0 aromatic carbocycles. The van der Waals surface area contributed by atoms with Crippen LogP contribution < -0.4 is 4.72 Å². The molecule has 2 N–H and O–H groups in total. The Morgan fingerprint density at radius 3 is 2.68 bits per heavy atom. The molecule has 0 aliphatic heterocycles. The first-order chi connectivity index (χ1) is 11.4. The van der Waals surface area contributed by atoms with Crippen molar-refractivity contribution in [3.05, 3.63) is 11.1 Å². The number of thiazole rings is 1. The summed E-state index contributed by atoms with van der Waals surface area (Å²) in [6.45, 7) is 6.78. The number of carbonyl (C=O) groups excluding carboxylic acids is 2.